The molecule has 2 aromatic carbocycles. The molecule has 0 saturated heterocycles. The SMILES string of the molecule is CN(C)c1ccc(NC=C2C(=O)Nc3ccccc32)cc1. The van der Waals surface area contributed by atoms with Crippen molar-refractivity contribution >= 4 is 28.5 Å². The van der Waals surface area contributed by atoms with Crippen molar-refractivity contribution in [3.63, 3.8) is 0 Å². The van der Waals surface area contributed by atoms with E-state index in [2.05, 4.69) is 10.6 Å². The van der Waals surface area contributed by atoms with Gasteiger partial charge in [-0.15, -0.1) is 0 Å². The number of benzene rings is 2. The molecule has 106 valence electrons. The Hall–Kier alpha value is -2.75. The highest BCUT2D eigenvalue weighted by atomic mass is 16.2. The lowest BCUT2D eigenvalue weighted by molar-refractivity contribution is -0.110. The van der Waals surface area contributed by atoms with Crippen LogP contribution in [0.5, 0.6) is 0 Å². The van der Waals surface area contributed by atoms with Gasteiger partial charge in [-0.25, -0.2) is 0 Å². The quantitative estimate of drug-likeness (QED) is 0.848. The van der Waals surface area contributed by atoms with Gasteiger partial charge in [0.2, 0.25) is 0 Å². The Morgan fingerprint density at radius 2 is 1.76 bits per heavy atom. The molecule has 0 bridgehead atoms. The number of carbonyl (C=O) groups excluding carboxylic acids is 1. The summed E-state index contributed by atoms with van der Waals surface area (Å²) in [5.41, 5.74) is 4.53. The Kier molecular flexibility index (Phi) is 3.36. The van der Waals surface area contributed by atoms with Crippen molar-refractivity contribution < 1.29 is 4.79 Å². The second kappa shape index (κ2) is 5.32. The molecule has 0 radical (unpaired) electrons. The Morgan fingerprint density at radius 1 is 1.05 bits per heavy atom. The first-order valence-electron chi connectivity index (χ1n) is 6.80. The fourth-order valence-corrected chi connectivity index (χ4v) is 2.29. The third kappa shape index (κ3) is 2.60. The molecule has 0 spiro atoms. The molecule has 0 unspecified atom stereocenters. The van der Waals surface area contributed by atoms with Crippen LogP contribution in [0.3, 0.4) is 0 Å². The zero-order valence-electron chi connectivity index (χ0n) is 12.1. The molecule has 21 heavy (non-hydrogen) atoms. The van der Waals surface area contributed by atoms with Gasteiger partial charge in [-0.2, -0.15) is 0 Å². The number of para-hydroxylation sites is 1. The second-order valence-corrected chi connectivity index (χ2v) is 5.14. The van der Waals surface area contributed by atoms with E-state index in [4.69, 9.17) is 0 Å². The number of hydrogen-bond donors (Lipinski definition) is 2. The summed E-state index contributed by atoms with van der Waals surface area (Å²) in [6, 6.07) is 15.7. The highest BCUT2D eigenvalue weighted by Crippen LogP contribution is 2.31. The van der Waals surface area contributed by atoms with Gasteiger partial charge in [0.1, 0.15) is 0 Å². The predicted octanol–water partition coefficient (Wildman–Crippen LogP) is 3.16. The van der Waals surface area contributed by atoms with Gasteiger partial charge < -0.3 is 15.5 Å². The summed E-state index contributed by atoms with van der Waals surface area (Å²) in [5, 5.41) is 6.04. The number of rotatable bonds is 3. The van der Waals surface area contributed by atoms with Gasteiger partial charge in [-0.05, 0) is 30.3 Å². The fraction of sp³-hybridized carbons (Fsp3) is 0.118. The molecule has 0 fully saturated rings. The first-order valence-corrected chi connectivity index (χ1v) is 6.80. The Balaban J connectivity index is 1.81. The van der Waals surface area contributed by atoms with Gasteiger partial charge in [-0.1, -0.05) is 18.2 Å². The lowest BCUT2D eigenvalue weighted by Crippen LogP contribution is -2.08. The van der Waals surface area contributed by atoms with Crippen molar-refractivity contribution in [3.8, 4) is 0 Å². The van der Waals surface area contributed by atoms with Gasteiger partial charge in [0.25, 0.3) is 5.91 Å². The summed E-state index contributed by atoms with van der Waals surface area (Å²) in [4.78, 5) is 14.0. The van der Waals surface area contributed by atoms with E-state index in [1.54, 1.807) is 6.20 Å². The van der Waals surface area contributed by atoms with Gasteiger partial charge in [0, 0.05) is 42.9 Å². The van der Waals surface area contributed by atoms with Gasteiger partial charge in [0.15, 0.2) is 0 Å². The van der Waals surface area contributed by atoms with Crippen LogP contribution in [0, 0.1) is 0 Å². The maximum absolute atomic E-state index is 12.0. The molecular weight excluding hydrogens is 262 g/mol. The molecule has 0 saturated carbocycles. The number of fused-ring (bicyclic) bond motifs is 1. The van der Waals surface area contributed by atoms with Crippen LogP contribution in [0.25, 0.3) is 5.57 Å². The van der Waals surface area contributed by atoms with Gasteiger partial charge in [-0.3, -0.25) is 4.79 Å². The number of hydrogen-bond acceptors (Lipinski definition) is 3. The maximum Gasteiger partial charge on any atom is 0.257 e. The Morgan fingerprint density at radius 3 is 2.48 bits per heavy atom. The van der Waals surface area contributed by atoms with E-state index < -0.39 is 0 Å². The van der Waals surface area contributed by atoms with Crippen LogP contribution in [0.4, 0.5) is 17.1 Å². The summed E-state index contributed by atoms with van der Waals surface area (Å²) in [5.74, 6) is -0.0754. The number of amides is 1. The molecule has 4 nitrogen and oxygen atoms in total. The summed E-state index contributed by atoms with van der Waals surface area (Å²) < 4.78 is 0. The molecule has 1 heterocycles. The molecular formula is C17H17N3O. The molecule has 1 aliphatic heterocycles. The van der Waals surface area contributed by atoms with E-state index in [9.17, 15) is 4.79 Å². The lowest BCUT2D eigenvalue weighted by Gasteiger charge is -2.12. The molecule has 0 aliphatic carbocycles. The number of nitrogens with one attached hydrogen (secondary N) is 2. The minimum absolute atomic E-state index is 0.0754. The third-order valence-corrected chi connectivity index (χ3v) is 3.48. The van der Waals surface area contributed by atoms with Crippen molar-refractivity contribution in [2.45, 2.75) is 0 Å². The van der Waals surface area contributed by atoms with E-state index in [0.29, 0.717) is 5.57 Å². The minimum atomic E-state index is -0.0754. The highest BCUT2D eigenvalue weighted by molar-refractivity contribution is 6.31. The maximum atomic E-state index is 12.0. The van der Waals surface area contributed by atoms with Crippen LogP contribution in [0.1, 0.15) is 5.56 Å². The molecule has 2 N–H and O–H groups in total. The average Bonchev–Trinajstić information content (AvgIpc) is 2.81. The fourth-order valence-electron chi connectivity index (χ4n) is 2.29. The zero-order chi connectivity index (χ0) is 14.8. The zero-order valence-corrected chi connectivity index (χ0v) is 12.1. The average molecular weight is 279 g/mol. The predicted molar refractivity (Wildman–Crippen MR) is 87.4 cm³/mol. The summed E-state index contributed by atoms with van der Waals surface area (Å²) in [7, 11) is 4.01. The number of carbonyl (C=O) groups is 1. The molecule has 2 aromatic rings. The van der Waals surface area contributed by atoms with Crippen LogP contribution in [-0.4, -0.2) is 20.0 Å². The normalized spacial score (nSPS) is 14.8. The van der Waals surface area contributed by atoms with Crippen molar-refractivity contribution in [1.82, 2.24) is 0 Å². The van der Waals surface area contributed by atoms with E-state index in [-0.39, 0.29) is 5.91 Å². The van der Waals surface area contributed by atoms with E-state index in [1.807, 2.05) is 67.5 Å². The second-order valence-electron chi connectivity index (χ2n) is 5.14. The first kappa shape index (κ1) is 13.2. The lowest BCUT2D eigenvalue weighted by atomic mass is 10.1. The van der Waals surface area contributed by atoms with E-state index in [1.165, 1.54) is 0 Å². The summed E-state index contributed by atoms with van der Waals surface area (Å²) in [6.45, 7) is 0. The molecule has 3 rings (SSSR count). The summed E-state index contributed by atoms with van der Waals surface area (Å²) >= 11 is 0. The standard InChI is InChI=1S/C17H17N3O/c1-20(2)13-9-7-12(8-10-13)18-11-15-14-5-3-4-6-16(14)19-17(15)21/h3-11,18H,1-2H3,(H,19,21). The molecule has 1 aliphatic rings. The molecule has 0 aromatic heterocycles. The highest BCUT2D eigenvalue weighted by Gasteiger charge is 2.23. The van der Waals surface area contributed by atoms with Crippen molar-refractivity contribution in [2.75, 3.05) is 29.6 Å². The van der Waals surface area contributed by atoms with Gasteiger partial charge >= 0.3 is 0 Å². The largest absolute Gasteiger partial charge is 0.378 e. The molecule has 1 amide bonds. The van der Waals surface area contributed by atoms with Gasteiger partial charge in [0.05, 0.1) is 5.57 Å². The van der Waals surface area contributed by atoms with Crippen LogP contribution in [-0.2, 0) is 4.79 Å². The van der Waals surface area contributed by atoms with E-state index in [0.717, 1.165) is 22.6 Å². The number of anilines is 3. The monoisotopic (exact) mass is 279 g/mol. The van der Waals surface area contributed by atoms with Crippen molar-refractivity contribution in [2.24, 2.45) is 0 Å². The summed E-state index contributed by atoms with van der Waals surface area (Å²) in [6.07, 6.45) is 1.76. The Labute approximate surface area is 124 Å². The topological polar surface area (TPSA) is 44.4 Å². The van der Waals surface area contributed by atoms with Crippen LogP contribution >= 0.6 is 0 Å². The van der Waals surface area contributed by atoms with Crippen molar-refractivity contribution in [3.05, 3.63) is 60.3 Å². The number of nitrogens with zero attached hydrogens (tertiary/aromatic N) is 1. The van der Waals surface area contributed by atoms with Crippen LogP contribution in [0.2, 0.25) is 0 Å². The molecule has 0 atom stereocenters. The minimum Gasteiger partial charge on any atom is -0.378 e. The Bertz CT molecular complexity index is 702. The van der Waals surface area contributed by atoms with E-state index >= 15 is 0 Å². The van der Waals surface area contributed by atoms with Crippen LogP contribution < -0.4 is 15.5 Å². The van der Waals surface area contributed by atoms with Crippen LogP contribution in [0.15, 0.2) is 54.7 Å². The first-order chi connectivity index (χ1) is 10.1. The molecule has 4 heteroatoms. The smallest absolute Gasteiger partial charge is 0.257 e. The third-order valence-electron chi connectivity index (χ3n) is 3.48. The van der Waals surface area contributed by atoms with Crippen molar-refractivity contribution in [1.29, 1.82) is 0 Å².